The lowest BCUT2D eigenvalue weighted by atomic mass is 10.0. The number of nitrogens with zero attached hydrogens (tertiary/aromatic N) is 2. The van der Waals surface area contributed by atoms with Gasteiger partial charge in [-0.05, 0) is 59.4 Å². The predicted molar refractivity (Wildman–Crippen MR) is 157 cm³/mol. The van der Waals surface area contributed by atoms with Gasteiger partial charge in [0.1, 0.15) is 11.1 Å². The van der Waals surface area contributed by atoms with Crippen molar-refractivity contribution >= 4 is 52.1 Å². The van der Waals surface area contributed by atoms with Gasteiger partial charge in [0.05, 0.1) is 23.6 Å². The number of thiophene rings is 2. The molecule has 194 valence electrons. The number of fused-ring (bicyclic) bond motifs is 1. The lowest BCUT2D eigenvalue weighted by Crippen LogP contribution is -2.09. The Hall–Kier alpha value is -2.40. The van der Waals surface area contributed by atoms with Gasteiger partial charge in [0.15, 0.2) is 0 Å². The van der Waals surface area contributed by atoms with Crippen LogP contribution in [0.15, 0.2) is 40.1 Å². The Morgan fingerprint density at radius 2 is 1.84 bits per heavy atom. The van der Waals surface area contributed by atoms with E-state index in [2.05, 4.69) is 42.6 Å². The maximum atomic E-state index is 12.5. The van der Waals surface area contributed by atoms with Crippen molar-refractivity contribution in [3.8, 4) is 16.5 Å². The van der Waals surface area contributed by atoms with Crippen LogP contribution in [-0.2, 0) is 16.0 Å². The van der Waals surface area contributed by atoms with Crippen LogP contribution in [0.1, 0.15) is 86.4 Å². The van der Waals surface area contributed by atoms with Crippen LogP contribution in [0.2, 0.25) is 0 Å². The van der Waals surface area contributed by atoms with Crippen LogP contribution in [0.3, 0.4) is 0 Å². The number of esters is 1. The fourth-order valence-corrected chi connectivity index (χ4v) is 6.94. The van der Waals surface area contributed by atoms with Gasteiger partial charge in [-0.15, -0.1) is 22.7 Å². The van der Waals surface area contributed by atoms with Gasteiger partial charge in [0.2, 0.25) is 0 Å². The number of hydrogen-bond acceptors (Lipinski definition) is 7. The van der Waals surface area contributed by atoms with E-state index < -0.39 is 0 Å². The third kappa shape index (κ3) is 7.56. The Kier molecular flexibility index (Phi) is 10.8. The largest absolute Gasteiger partial charge is 0.465 e. The smallest absolute Gasteiger partial charge is 0.316 e. The zero-order valence-electron chi connectivity index (χ0n) is 21.5. The van der Waals surface area contributed by atoms with Crippen molar-refractivity contribution in [2.75, 3.05) is 12.4 Å². The topological polar surface area (TPSA) is 63.0 Å². The second-order valence-electron chi connectivity index (χ2n) is 9.25. The summed E-state index contributed by atoms with van der Waals surface area (Å²) in [5.41, 5.74) is 4.85. The van der Waals surface area contributed by atoms with E-state index in [4.69, 9.17) is 9.72 Å². The second kappa shape index (κ2) is 14.5. The number of carbonyl (C=O) groups is 1. The maximum Gasteiger partial charge on any atom is 0.316 e. The summed E-state index contributed by atoms with van der Waals surface area (Å²) in [5, 5.41) is 14.9. The number of rotatable bonds is 14. The average molecular weight is 551 g/mol. The molecule has 0 atom stereocenters. The molecule has 0 radical (unpaired) electrons. The third-order valence-electron chi connectivity index (χ3n) is 6.54. The van der Waals surface area contributed by atoms with Gasteiger partial charge in [-0.25, -0.2) is 4.98 Å². The number of hydrogen-bond donors (Lipinski definition) is 0. The van der Waals surface area contributed by atoms with E-state index in [0.29, 0.717) is 17.2 Å². The highest BCUT2D eigenvalue weighted by molar-refractivity contribution is 7.99. The Bertz CT molecular complexity index is 1220. The number of nitriles is 1. The maximum absolute atomic E-state index is 12.5. The molecule has 0 N–H and O–H groups in total. The molecule has 1 aliphatic rings. The van der Waals surface area contributed by atoms with Gasteiger partial charge in [0.25, 0.3) is 0 Å². The normalized spacial score (nSPS) is 13.6. The van der Waals surface area contributed by atoms with Crippen LogP contribution in [0.4, 0.5) is 0 Å². The Balaban J connectivity index is 1.42. The van der Waals surface area contributed by atoms with Crippen molar-refractivity contribution in [3.05, 3.63) is 56.7 Å². The van der Waals surface area contributed by atoms with E-state index in [1.807, 2.05) is 11.4 Å². The van der Waals surface area contributed by atoms with Gasteiger partial charge in [-0.1, -0.05) is 75.8 Å². The molecule has 0 saturated carbocycles. The van der Waals surface area contributed by atoms with Crippen molar-refractivity contribution < 1.29 is 9.53 Å². The fraction of sp³-hybridized carbons (Fsp3) is 0.433. The lowest BCUT2D eigenvalue weighted by molar-refractivity contribution is -0.140. The van der Waals surface area contributed by atoms with Crippen LogP contribution in [-0.4, -0.2) is 23.3 Å². The zero-order valence-corrected chi connectivity index (χ0v) is 23.9. The third-order valence-corrected chi connectivity index (χ3v) is 9.20. The van der Waals surface area contributed by atoms with Crippen LogP contribution < -0.4 is 0 Å². The summed E-state index contributed by atoms with van der Waals surface area (Å²) in [5.74, 6) is -0.0862. The number of carbonyl (C=O) groups excluding carboxylic acids is 1. The molecule has 0 fully saturated rings. The highest BCUT2D eigenvalue weighted by atomic mass is 32.2. The molecule has 0 aromatic carbocycles. The summed E-state index contributed by atoms with van der Waals surface area (Å²) < 4.78 is 5.49. The summed E-state index contributed by atoms with van der Waals surface area (Å²) in [6, 6.07) is 10.6. The highest BCUT2D eigenvalue weighted by Crippen LogP contribution is 2.44. The molecule has 0 bridgehead atoms. The molecular formula is C30H34N2O2S3. The molecule has 3 aromatic heterocycles. The molecule has 4 rings (SSSR count). The van der Waals surface area contributed by atoms with Crippen LogP contribution >= 0.6 is 34.4 Å². The molecule has 4 nitrogen and oxygen atoms in total. The first-order valence-electron chi connectivity index (χ1n) is 13.2. The predicted octanol–water partition coefficient (Wildman–Crippen LogP) is 9.01. The van der Waals surface area contributed by atoms with E-state index >= 15 is 0 Å². The van der Waals surface area contributed by atoms with Gasteiger partial charge in [-0.2, -0.15) is 5.26 Å². The van der Waals surface area contributed by atoms with Gasteiger partial charge >= 0.3 is 5.97 Å². The standard InChI is InChI=1S/C30H34N2O2S3/c1-2-3-4-5-6-7-8-9-16-34-27(33)21-37-30-25(20-31)28(26-13-11-18-36-26)24-15-14-22(29(24)32-30)19-23-12-10-17-35-23/h10-13,17-19H,2-9,14-16,21H2,1H3. The minimum atomic E-state index is -0.244. The lowest BCUT2D eigenvalue weighted by Gasteiger charge is -2.13. The molecule has 3 aromatic rings. The number of ether oxygens (including phenoxy) is 1. The van der Waals surface area contributed by atoms with Crippen molar-refractivity contribution in [1.82, 2.24) is 4.98 Å². The Morgan fingerprint density at radius 3 is 2.54 bits per heavy atom. The van der Waals surface area contributed by atoms with Gasteiger partial charge < -0.3 is 4.74 Å². The van der Waals surface area contributed by atoms with Gasteiger partial charge in [0, 0.05) is 15.3 Å². The molecule has 0 saturated heterocycles. The first kappa shape index (κ1) is 27.6. The summed E-state index contributed by atoms with van der Waals surface area (Å²) >= 11 is 4.66. The number of unbranched alkanes of at least 4 members (excludes halogenated alkanes) is 7. The molecule has 37 heavy (non-hydrogen) atoms. The first-order chi connectivity index (χ1) is 18.2. The van der Waals surface area contributed by atoms with E-state index in [0.717, 1.165) is 47.4 Å². The molecule has 3 heterocycles. The number of allylic oxidation sites excluding steroid dienone is 1. The second-order valence-corrected chi connectivity index (χ2v) is 12.1. The molecule has 0 aliphatic heterocycles. The Labute approximate surface area is 232 Å². The summed E-state index contributed by atoms with van der Waals surface area (Å²) in [7, 11) is 0. The summed E-state index contributed by atoms with van der Waals surface area (Å²) in [6.07, 6.45) is 13.7. The van der Waals surface area contributed by atoms with E-state index in [1.165, 1.54) is 60.7 Å². The molecular weight excluding hydrogens is 517 g/mol. The molecule has 0 amide bonds. The van der Waals surface area contributed by atoms with Crippen molar-refractivity contribution in [1.29, 1.82) is 5.26 Å². The van der Waals surface area contributed by atoms with E-state index in [-0.39, 0.29) is 11.7 Å². The van der Waals surface area contributed by atoms with Crippen molar-refractivity contribution in [2.45, 2.75) is 76.2 Å². The fourth-order valence-electron chi connectivity index (χ4n) is 4.67. The quantitative estimate of drug-likeness (QED) is 0.114. The summed E-state index contributed by atoms with van der Waals surface area (Å²) in [6.45, 7) is 2.70. The van der Waals surface area contributed by atoms with E-state index in [1.54, 1.807) is 22.7 Å². The number of pyridine rings is 1. The monoisotopic (exact) mass is 550 g/mol. The highest BCUT2D eigenvalue weighted by Gasteiger charge is 2.28. The van der Waals surface area contributed by atoms with Crippen LogP contribution in [0.25, 0.3) is 22.1 Å². The number of aromatic nitrogens is 1. The minimum absolute atomic E-state index is 0.158. The average Bonchev–Trinajstić information content (AvgIpc) is 3.69. The number of thioether (sulfide) groups is 1. The molecule has 1 aliphatic carbocycles. The summed E-state index contributed by atoms with van der Waals surface area (Å²) in [4.78, 5) is 19.7. The van der Waals surface area contributed by atoms with Gasteiger partial charge in [-0.3, -0.25) is 4.79 Å². The Morgan fingerprint density at radius 1 is 1.08 bits per heavy atom. The first-order valence-corrected chi connectivity index (χ1v) is 16.0. The van der Waals surface area contributed by atoms with Crippen LogP contribution in [0.5, 0.6) is 0 Å². The van der Waals surface area contributed by atoms with E-state index in [9.17, 15) is 10.1 Å². The molecule has 7 heteroatoms. The van der Waals surface area contributed by atoms with Crippen LogP contribution in [0, 0.1) is 11.3 Å². The minimum Gasteiger partial charge on any atom is -0.465 e. The molecule has 0 spiro atoms. The van der Waals surface area contributed by atoms with Crippen molar-refractivity contribution in [3.63, 3.8) is 0 Å². The molecule has 0 unspecified atom stereocenters. The SMILES string of the molecule is CCCCCCCCCCOC(=O)CSc1nc2c(c(-c3cccs3)c1C#N)CCC2=Cc1cccs1. The van der Waals surface area contributed by atoms with Crippen molar-refractivity contribution in [2.24, 2.45) is 0 Å². The zero-order chi connectivity index (χ0) is 25.9.